The van der Waals surface area contributed by atoms with Crippen LogP contribution < -0.4 is 10.1 Å². The highest BCUT2D eigenvalue weighted by molar-refractivity contribution is 5.30. The van der Waals surface area contributed by atoms with Crippen molar-refractivity contribution < 1.29 is 9.84 Å². The molecule has 0 saturated carbocycles. The lowest BCUT2D eigenvalue weighted by Crippen LogP contribution is -2.29. The summed E-state index contributed by atoms with van der Waals surface area (Å²) >= 11 is 0. The van der Waals surface area contributed by atoms with E-state index in [9.17, 15) is 5.11 Å². The first kappa shape index (κ1) is 12.0. The third-order valence-electron chi connectivity index (χ3n) is 2.50. The van der Waals surface area contributed by atoms with E-state index in [4.69, 9.17) is 4.74 Å². The minimum atomic E-state index is -0.931. The highest BCUT2D eigenvalue weighted by Gasteiger charge is 2.30. The molecule has 1 aromatic heterocycles. The molecule has 15 heavy (non-hydrogen) atoms. The number of aliphatic hydroxyl groups is 1. The van der Waals surface area contributed by atoms with Crippen LogP contribution in [0.15, 0.2) is 6.20 Å². The molecule has 1 atom stereocenters. The topological polar surface area (TPSA) is 59.3 Å². The van der Waals surface area contributed by atoms with Gasteiger partial charge in [-0.05, 0) is 26.9 Å². The van der Waals surface area contributed by atoms with E-state index in [1.165, 1.54) is 0 Å². The van der Waals surface area contributed by atoms with Crippen LogP contribution in [0.1, 0.15) is 19.0 Å². The van der Waals surface area contributed by atoms with Crippen LogP contribution in [0.25, 0.3) is 0 Å². The number of aryl methyl sites for hydroxylation is 1. The molecule has 0 bridgehead atoms. The molecule has 0 radical (unpaired) electrons. The zero-order chi connectivity index (χ0) is 11.5. The van der Waals surface area contributed by atoms with Gasteiger partial charge in [-0.2, -0.15) is 5.10 Å². The highest BCUT2D eigenvalue weighted by Crippen LogP contribution is 2.31. The third-order valence-corrected chi connectivity index (χ3v) is 2.50. The lowest BCUT2D eigenvalue weighted by molar-refractivity contribution is 0.0376. The Morgan fingerprint density at radius 2 is 2.33 bits per heavy atom. The largest absolute Gasteiger partial charge is 0.493 e. The fourth-order valence-electron chi connectivity index (χ4n) is 1.67. The molecule has 1 unspecified atom stereocenters. The van der Waals surface area contributed by atoms with E-state index in [2.05, 4.69) is 10.4 Å². The van der Waals surface area contributed by atoms with Gasteiger partial charge >= 0.3 is 0 Å². The average molecular weight is 213 g/mol. The van der Waals surface area contributed by atoms with Crippen molar-refractivity contribution in [1.82, 2.24) is 15.1 Å². The van der Waals surface area contributed by atoms with Crippen LogP contribution in [0.4, 0.5) is 0 Å². The van der Waals surface area contributed by atoms with Crippen molar-refractivity contribution in [2.45, 2.75) is 18.9 Å². The van der Waals surface area contributed by atoms with E-state index in [-0.39, 0.29) is 0 Å². The Morgan fingerprint density at radius 3 is 2.87 bits per heavy atom. The summed E-state index contributed by atoms with van der Waals surface area (Å²) in [7, 11) is 5.23. The zero-order valence-electron chi connectivity index (χ0n) is 9.74. The molecule has 1 rings (SSSR count). The Balaban J connectivity index is 2.96. The van der Waals surface area contributed by atoms with Gasteiger partial charge in [0.15, 0.2) is 5.75 Å². The Kier molecular flexibility index (Phi) is 3.71. The van der Waals surface area contributed by atoms with Gasteiger partial charge in [0.05, 0.1) is 13.3 Å². The SMILES string of the molecule is CNCCC(C)(O)c1c(OC)cnn1C. The van der Waals surface area contributed by atoms with Crippen LogP contribution in [0.5, 0.6) is 5.75 Å². The standard InChI is InChI=1S/C10H19N3O2/c1-10(14,5-6-11-2)9-8(15-4)7-12-13(9)3/h7,11,14H,5-6H2,1-4H3. The monoisotopic (exact) mass is 213 g/mol. The van der Waals surface area contributed by atoms with Crippen molar-refractivity contribution in [3.8, 4) is 5.75 Å². The van der Waals surface area contributed by atoms with E-state index >= 15 is 0 Å². The molecule has 5 nitrogen and oxygen atoms in total. The Labute approximate surface area is 90.1 Å². The van der Waals surface area contributed by atoms with Crippen LogP contribution in [0, 0.1) is 0 Å². The number of hydrogen-bond acceptors (Lipinski definition) is 4. The van der Waals surface area contributed by atoms with Crippen LogP contribution >= 0.6 is 0 Å². The van der Waals surface area contributed by atoms with Gasteiger partial charge < -0.3 is 15.2 Å². The van der Waals surface area contributed by atoms with Crippen molar-refractivity contribution in [3.05, 3.63) is 11.9 Å². The second kappa shape index (κ2) is 4.63. The molecule has 0 spiro atoms. The fourth-order valence-corrected chi connectivity index (χ4v) is 1.67. The van der Waals surface area contributed by atoms with Crippen molar-refractivity contribution in [2.75, 3.05) is 20.7 Å². The van der Waals surface area contributed by atoms with Crippen LogP contribution in [0.2, 0.25) is 0 Å². The van der Waals surface area contributed by atoms with E-state index in [1.807, 2.05) is 7.05 Å². The van der Waals surface area contributed by atoms with Gasteiger partial charge in [0.2, 0.25) is 0 Å². The summed E-state index contributed by atoms with van der Waals surface area (Å²) in [5.41, 5.74) is -0.222. The number of hydrogen-bond donors (Lipinski definition) is 2. The van der Waals surface area contributed by atoms with E-state index < -0.39 is 5.60 Å². The second-order valence-electron chi connectivity index (χ2n) is 3.81. The Morgan fingerprint density at radius 1 is 1.67 bits per heavy atom. The zero-order valence-corrected chi connectivity index (χ0v) is 9.74. The van der Waals surface area contributed by atoms with E-state index in [1.54, 1.807) is 32.0 Å². The molecular weight excluding hydrogens is 194 g/mol. The summed E-state index contributed by atoms with van der Waals surface area (Å²) in [5, 5.41) is 17.4. The first-order valence-electron chi connectivity index (χ1n) is 4.96. The van der Waals surface area contributed by atoms with Crippen molar-refractivity contribution in [3.63, 3.8) is 0 Å². The molecule has 1 aromatic rings. The quantitative estimate of drug-likeness (QED) is 0.736. The molecule has 0 fully saturated rings. The maximum absolute atomic E-state index is 10.3. The molecule has 0 aliphatic heterocycles. The molecule has 86 valence electrons. The smallest absolute Gasteiger partial charge is 0.162 e. The average Bonchev–Trinajstić information content (AvgIpc) is 2.57. The summed E-state index contributed by atoms with van der Waals surface area (Å²) in [5.74, 6) is 0.624. The van der Waals surface area contributed by atoms with Crippen LogP contribution in [0.3, 0.4) is 0 Å². The molecule has 0 aromatic carbocycles. The summed E-state index contributed by atoms with van der Waals surface area (Å²) in [6.45, 7) is 2.51. The molecule has 0 saturated heterocycles. The molecule has 2 N–H and O–H groups in total. The van der Waals surface area contributed by atoms with Gasteiger partial charge in [-0.1, -0.05) is 0 Å². The Bertz CT molecular complexity index is 320. The Hall–Kier alpha value is -1.07. The summed E-state index contributed by atoms with van der Waals surface area (Å²) in [6.07, 6.45) is 2.22. The van der Waals surface area contributed by atoms with Crippen LogP contribution in [-0.4, -0.2) is 35.6 Å². The number of nitrogens with zero attached hydrogens (tertiary/aromatic N) is 2. The van der Waals surface area contributed by atoms with Gasteiger partial charge in [-0.15, -0.1) is 0 Å². The van der Waals surface area contributed by atoms with Gasteiger partial charge in [0.1, 0.15) is 11.3 Å². The number of aromatic nitrogens is 2. The number of methoxy groups -OCH3 is 1. The normalized spacial score (nSPS) is 15.0. The lowest BCUT2D eigenvalue weighted by Gasteiger charge is -2.24. The molecule has 1 heterocycles. The lowest BCUT2D eigenvalue weighted by atomic mass is 9.97. The van der Waals surface area contributed by atoms with Gasteiger partial charge in [-0.3, -0.25) is 4.68 Å². The van der Waals surface area contributed by atoms with Crippen molar-refractivity contribution >= 4 is 0 Å². The third kappa shape index (κ3) is 2.49. The maximum atomic E-state index is 10.3. The van der Waals surface area contributed by atoms with E-state index in [0.29, 0.717) is 17.9 Å². The first-order valence-corrected chi connectivity index (χ1v) is 4.96. The minimum Gasteiger partial charge on any atom is -0.493 e. The minimum absolute atomic E-state index is 0.611. The van der Waals surface area contributed by atoms with Crippen molar-refractivity contribution in [1.29, 1.82) is 0 Å². The summed E-state index contributed by atoms with van der Waals surface area (Å²) in [4.78, 5) is 0. The van der Waals surface area contributed by atoms with Gasteiger partial charge in [0, 0.05) is 7.05 Å². The summed E-state index contributed by atoms with van der Waals surface area (Å²) < 4.78 is 6.82. The first-order chi connectivity index (χ1) is 7.03. The molecule has 0 aliphatic rings. The molecular formula is C10H19N3O2. The molecule has 5 heteroatoms. The number of nitrogens with one attached hydrogen (secondary N) is 1. The number of ether oxygens (including phenoxy) is 1. The predicted molar refractivity (Wildman–Crippen MR) is 57.9 cm³/mol. The van der Waals surface area contributed by atoms with Gasteiger partial charge in [0.25, 0.3) is 0 Å². The predicted octanol–water partition coefficient (Wildman–Crippen LogP) is 0.246. The second-order valence-corrected chi connectivity index (χ2v) is 3.81. The number of rotatable bonds is 5. The van der Waals surface area contributed by atoms with E-state index in [0.717, 1.165) is 6.54 Å². The molecule has 0 amide bonds. The highest BCUT2D eigenvalue weighted by atomic mass is 16.5. The van der Waals surface area contributed by atoms with Gasteiger partial charge in [-0.25, -0.2) is 0 Å². The van der Waals surface area contributed by atoms with Crippen molar-refractivity contribution in [2.24, 2.45) is 7.05 Å². The maximum Gasteiger partial charge on any atom is 0.162 e. The fraction of sp³-hybridized carbons (Fsp3) is 0.700. The molecule has 0 aliphatic carbocycles. The summed E-state index contributed by atoms with van der Waals surface area (Å²) in [6, 6.07) is 0. The van der Waals surface area contributed by atoms with Crippen LogP contribution in [-0.2, 0) is 12.6 Å².